The Hall–Kier alpha value is -7.38. The molecule has 0 saturated heterocycles. The first-order valence-corrected chi connectivity index (χ1v) is 17.5. The third-order valence-corrected chi connectivity index (χ3v) is 9.89. The van der Waals surface area contributed by atoms with Gasteiger partial charge in [0.25, 0.3) is 0 Å². The van der Waals surface area contributed by atoms with E-state index in [0.717, 1.165) is 77.4 Å². The highest BCUT2D eigenvalue weighted by Gasteiger charge is 2.20. The van der Waals surface area contributed by atoms with E-state index in [9.17, 15) is 0 Å². The summed E-state index contributed by atoms with van der Waals surface area (Å²) in [5.74, 6) is 2.28. The summed E-state index contributed by atoms with van der Waals surface area (Å²) in [6.45, 7) is 0. The first kappa shape index (κ1) is 29.4. The summed E-state index contributed by atoms with van der Waals surface area (Å²) < 4.78 is 14.9. The van der Waals surface area contributed by atoms with E-state index >= 15 is 0 Å². The minimum atomic E-state index is 0.553. The number of fused-ring (bicyclic) bond motifs is 7. The van der Waals surface area contributed by atoms with Crippen LogP contribution in [0.3, 0.4) is 0 Å². The van der Waals surface area contributed by atoms with E-state index in [1.54, 1.807) is 0 Å². The van der Waals surface area contributed by atoms with Gasteiger partial charge in [-0.3, -0.25) is 0 Å². The zero-order valence-corrected chi connectivity index (χ0v) is 28.1. The van der Waals surface area contributed by atoms with Crippen molar-refractivity contribution in [2.45, 2.75) is 0 Å². The quantitative estimate of drug-likeness (QED) is 0.180. The van der Waals surface area contributed by atoms with E-state index in [1.807, 2.05) is 91.0 Å². The molecule has 4 heterocycles. The summed E-state index contributed by atoms with van der Waals surface area (Å²) in [6, 6.07) is 55.3. The summed E-state index contributed by atoms with van der Waals surface area (Å²) in [7, 11) is 0. The van der Waals surface area contributed by atoms with Crippen LogP contribution in [0.2, 0.25) is 0 Å². The Balaban J connectivity index is 1.13. The molecule has 0 aliphatic rings. The van der Waals surface area contributed by atoms with E-state index in [-0.39, 0.29) is 0 Å². The molecule has 7 aromatic carbocycles. The van der Waals surface area contributed by atoms with Crippen LogP contribution >= 0.6 is 0 Å². The van der Waals surface area contributed by atoms with Gasteiger partial charge in [0.05, 0.1) is 11.0 Å². The van der Waals surface area contributed by atoms with Gasteiger partial charge >= 0.3 is 0 Å². The molecular formula is C46H27N5O2. The predicted octanol–water partition coefficient (Wildman–Crippen LogP) is 11.7. The van der Waals surface area contributed by atoms with Crippen LogP contribution in [0.25, 0.3) is 106 Å². The van der Waals surface area contributed by atoms with Crippen molar-refractivity contribution in [2.24, 2.45) is 0 Å². The second-order valence-electron chi connectivity index (χ2n) is 13.1. The zero-order valence-electron chi connectivity index (χ0n) is 28.1. The lowest BCUT2D eigenvalue weighted by atomic mass is 10.0. The molecule has 0 saturated carbocycles. The predicted molar refractivity (Wildman–Crippen MR) is 211 cm³/mol. The molecule has 7 nitrogen and oxygen atoms in total. The number of rotatable bonds is 5. The molecule has 53 heavy (non-hydrogen) atoms. The highest BCUT2D eigenvalue weighted by molar-refractivity contribution is 6.13. The lowest BCUT2D eigenvalue weighted by molar-refractivity contribution is 0.620. The highest BCUT2D eigenvalue weighted by atomic mass is 16.3. The van der Waals surface area contributed by atoms with Crippen molar-refractivity contribution >= 4 is 54.8 Å². The zero-order chi connectivity index (χ0) is 34.9. The van der Waals surface area contributed by atoms with Crippen molar-refractivity contribution in [3.05, 3.63) is 164 Å². The molecule has 4 aromatic heterocycles. The molecule has 7 heteroatoms. The largest absolute Gasteiger partial charge is 0.456 e. The fraction of sp³-hybridized carbons (Fsp3) is 0. The number of hydrogen-bond acceptors (Lipinski definition) is 6. The maximum Gasteiger partial charge on any atom is 0.227 e. The first-order chi connectivity index (χ1) is 26.2. The van der Waals surface area contributed by atoms with Crippen molar-refractivity contribution in [1.82, 2.24) is 24.5 Å². The molecule has 0 amide bonds. The topological polar surface area (TPSA) is 82.8 Å². The minimum absolute atomic E-state index is 0.553. The summed E-state index contributed by atoms with van der Waals surface area (Å²) in [5, 5.41) is 4.19. The van der Waals surface area contributed by atoms with E-state index in [4.69, 9.17) is 28.8 Å². The van der Waals surface area contributed by atoms with Gasteiger partial charge < -0.3 is 13.4 Å². The molecule has 11 rings (SSSR count). The van der Waals surface area contributed by atoms with Gasteiger partial charge in [-0.15, -0.1) is 0 Å². The van der Waals surface area contributed by atoms with Crippen LogP contribution in [0, 0.1) is 0 Å². The van der Waals surface area contributed by atoms with Gasteiger partial charge in [-0.05, 0) is 60.7 Å². The molecule has 0 aliphatic carbocycles. The van der Waals surface area contributed by atoms with Crippen molar-refractivity contribution in [3.8, 4) is 51.3 Å². The number of aromatic nitrogens is 5. The van der Waals surface area contributed by atoms with Gasteiger partial charge in [0.15, 0.2) is 23.1 Å². The molecule has 0 bridgehead atoms. The van der Waals surface area contributed by atoms with Crippen LogP contribution in [0.1, 0.15) is 0 Å². The van der Waals surface area contributed by atoms with Crippen LogP contribution in [0.4, 0.5) is 0 Å². The minimum Gasteiger partial charge on any atom is -0.456 e. The van der Waals surface area contributed by atoms with E-state index in [1.165, 1.54) is 5.39 Å². The van der Waals surface area contributed by atoms with Crippen LogP contribution in [0.5, 0.6) is 0 Å². The van der Waals surface area contributed by atoms with Crippen LogP contribution in [-0.2, 0) is 0 Å². The fourth-order valence-electron chi connectivity index (χ4n) is 7.45. The van der Waals surface area contributed by atoms with E-state index in [2.05, 4.69) is 77.4 Å². The van der Waals surface area contributed by atoms with Crippen LogP contribution in [-0.4, -0.2) is 24.5 Å². The molecule has 11 aromatic rings. The second kappa shape index (κ2) is 11.6. The Kier molecular flexibility index (Phi) is 6.42. The summed E-state index contributed by atoms with van der Waals surface area (Å²) in [4.78, 5) is 20.2. The Morgan fingerprint density at radius 3 is 1.96 bits per heavy atom. The molecule has 0 aliphatic heterocycles. The van der Waals surface area contributed by atoms with Crippen LogP contribution < -0.4 is 0 Å². The fourth-order valence-corrected chi connectivity index (χ4v) is 7.45. The van der Waals surface area contributed by atoms with E-state index in [0.29, 0.717) is 23.4 Å². The number of para-hydroxylation sites is 4. The maximum absolute atomic E-state index is 6.40. The van der Waals surface area contributed by atoms with Gasteiger partial charge in [-0.25, -0.2) is 19.9 Å². The first-order valence-electron chi connectivity index (χ1n) is 17.5. The van der Waals surface area contributed by atoms with Crippen molar-refractivity contribution in [1.29, 1.82) is 0 Å². The average molecular weight is 682 g/mol. The van der Waals surface area contributed by atoms with Gasteiger partial charge in [0.1, 0.15) is 16.7 Å². The van der Waals surface area contributed by atoms with E-state index < -0.39 is 0 Å². The third-order valence-electron chi connectivity index (χ3n) is 9.89. The molecule has 0 N–H and O–H groups in total. The highest BCUT2D eigenvalue weighted by Crippen LogP contribution is 2.39. The number of oxazole rings is 1. The van der Waals surface area contributed by atoms with Gasteiger partial charge in [0.2, 0.25) is 5.89 Å². The average Bonchev–Trinajstić information content (AvgIpc) is 3.93. The van der Waals surface area contributed by atoms with Gasteiger partial charge in [0, 0.05) is 49.5 Å². The molecule has 0 atom stereocenters. The molecule has 0 fully saturated rings. The lowest BCUT2D eigenvalue weighted by Crippen LogP contribution is -2.00. The molecule has 248 valence electrons. The maximum atomic E-state index is 6.40. The summed E-state index contributed by atoms with van der Waals surface area (Å²) in [6.07, 6.45) is 0. The lowest BCUT2D eigenvalue weighted by Gasteiger charge is -2.11. The number of benzene rings is 7. The smallest absolute Gasteiger partial charge is 0.227 e. The molecule has 0 radical (unpaired) electrons. The Labute approximate surface area is 302 Å². The number of nitrogens with zero attached hydrogens (tertiary/aromatic N) is 5. The van der Waals surface area contributed by atoms with Crippen molar-refractivity contribution in [2.75, 3.05) is 0 Å². The number of furan rings is 1. The standard InChI is InChI=1S/C46H27N5O2/c1-3-12-28(13-4-1)43-48-44(29-22-24-33-32-16-7-9-19-37(32)51(38(33)27-29)31-14-5-2-6-15-31)50-45(49-43)34-17-11-21-41-42(34)35-26-30(23-25-39(35)52-41)46-47-36-18-8-10-20-40(36)53-46/h1-27H. The van der Waals surface area contributed by atoms with Crippen molar-refractivity contribution < 1.29 is 8.83 Å². The molecular weight excluding hydrogens is 655 g/mol. The number of hydrogen-bond donors (Lipinski definition) is 0. The second-order valence-corrected chi connectivity index (χ2v) is 13.1. The molecule has 0 spiro atoms. The Morgan fingerprint density at radius 2 is 1.09 bits per heavy atom. The normalized spacial score (nSPS) is 11.8. The molecule has 0 unspecified atom stereocenters. The summed E-state index contributed by atoms with van der Waals surface area (Å²) in [5.41, 5.74) is 9.85. The Morgan fingerprint density at radius 1 is 0.396 bits per heavy atom. The van der Waals surface area contributed by atoms with Gasteiger partial charge in [-0.2, -0.15) is 0 Å². The van der Waals surface area contributed by atoms with Crippen molar-refractivity contribution in [3.63, 3.8) is 0 Å². The third kappa shape index (κ3) is 4.75. The van der Waals surface area contributed by atoms with Crippen LogP contribution in [0.15, 0.2) is 173 Å². The monoisotopic (exact) mass is 681 g/mol. The van der Waals surface area contributed by atoms with Gasteiger partial charge in [-0.1, -0.05) is 103 Å². The Bertz CT molecular complexity index is 3150. The summed E-state index contributed by atoms with van der Waals surface area (Å²) >= 11 is 0. The SMILES string of the molecule is c1ccc(-c2nc(-c3ccc4c5ccccc5n(-c5ccccc5)c4c3)nc(-c3cccc4oc5ccc(-c6nc7ccccc7o6)cc5c34)n2)cc1.